The van der Waals surface area contributed by atoms with Gasteiger partial charge in [0.15, 0.2) is 0 Å². The van der Waals surface area contributed by atoms with E-state index in [4.69, 9.17) is 5.73 Å². The van der Waals surface area contributed by atoms with Gasteiger partial charge < -0.3 is 10.8 Å². The Morgan fingerprint density at radius 2 is 1.80 bits per heavy atom. The molecule has 0 saturated heterocycles. The van der Waals surface area contributed by atoms with Crippen molar-refractivity contribution in [2.24, 2.45) is 11.7 Å². The highest BCUT2D eigenvalue weighted by Crippen LogP contribution is 2.40. The van der Waals surface area contributed by atoms with Crippen LogP contribution in [0.1, 0.15) is 37.2 Å². The van der Waals surface area contributed by atoms with Gasteiger partial charge in [0.25, 0.3) is 0 Å². The molecule has 0 heterocycles. The molecule has 2 atom stereocenters. The lowest BCUT2D eigenvalue weighted by Crippen LogP contribution is -2.37. The Morgan fingerprint density at radius 1 is 1.25 bits per heavy atom. The molecule has 0 aromatic heterocycles. The van der Waals surface area contributed by atoms with E-state index in [1.54, 1.807) is 0 Å². The van der Waals surface area contributed by atoms with Crippen molar-refractivity contribution in [3.8, 4) is 0 Å². The Hall–Kier alpha value is -0.520. The van der Waals surface area contributed by atoms with Gasteiger partial charge in [0, 0.05) is 29.8 Å². The molecule has 0 bridgehead atoms. The first-order chi connectivity index (χ1) is 9.43. The van der Waals surface area contributed by atoms with Crippen LogP contribution in [-0.2, 0) is 0 Å². The van der Waals surface area contributed by atoms with Gasteiger partial charge in [-0.3, -0.25) is 0 Å². The van der Waals surface area contributed by atoms with Crippen molar-refractivity contribution < 1.29 is 13.9 Å². The quantitative estimate of drug-likeness (QED) is 0.872. The molecule has 20 heavy (non-hydrogen) atoms. The van der Waals surface area contributed by atoms with Crippen molar-refractivity contribution in [2.75, 3.05) is 6.54 Å². The summed E-state index contributed by atoms with van der Waals surface area (Å²) in [6.45, 7) is 0.315. The molecule has 5 heteroatoms. The highest BCUT2D eigenvalue weighted by Gasteiger charge is 2.39. The predicted octanol–water partition coefficient (Wildman–Crippen LogP) is 3.68. The van der Waals surface area contributed by atoms with Gasteiger partial charge in [0.05, 0.1) is 6.10 Å². The third-order valence-electron chi connectivity index (χ3n) is 4.21. The zero-order valence-corrected chi connectivity index (χ0v) is 12.8. The van der Waals surface area contributed by atoms with Crippen LogP contribution < -0.4 is 5.73 Å². The number of alkyl halides is 2. The van der Waals surface area contributed by atoms with Crippen molar-refractivity contribution in [2.45, 2.75) is 43.6 Å². The van der Waals surface area contributed by atoms with E-state index in [0.717, 1.165) is 10.0 Å². The molecule has 3 N–H and O–H groups in total. The van der Waals surface area contributed by atoms with Gasteiger partial charge in [-0.2, -0.15) is 0 Å². The summed E-state index contributed by atoms with van der Waals surface area (Å²) >= 11 is 3.37. The molecule has 2 nitrogen and oxygen atoms in total. The lowest BCUT2D eigenvalue weighted by Gasteiger charge is -2.34. The van der Waals surface area contributed by atoms with Crippen LogP contribution in [0.4, 0.5) is 8.78 Å². The second-order valence-electron chi connectivity index (χ2n) is 5.58. The number of aliphatic hydroxyl groups is 1. The van der Waals surface area contributed by atoms with Crippen molar-refractivity contribution in [3.05, 3.63) is 34.3 Å². The first kappa shape index (κ1) is 15.9. The van der Waals surface area contributed by atoms with Crippen LogP contribution in [0.5, 0.6) is 0 Å². The molecule has 0 amide bonds. The molecule has 0 spiro atoms. The van der Waals surface area contributed by atoms with Crippen LogP contribution in [0.2, 0.25) is 0 Å². The number of hydrogen-bond acceptors (Lipinski definition) is 2. The zero-order valence-electron chi connectivity index (χ0n) is 11.2. The Bertz CT molecular complexity index is 428. The van der Waals surface area contributed by atoms with Gasteiger partial charge in [0.2, 0.25) is 5.92 Å². The highest BCUT2D eigenvalue weighted by atomic mass is 79.9. The van der Waals surface area contributed by atoms with Crippen molar-refractivity contribution in [1.82, 2.24) is 0 Å². The maximum Gasteiger partial charge on any atom is 0.248 e. The molecule has 0 radical (unpaired) electrons. The van der Waals surface area contributed by atoms with Crippen LogP contribution in [-0.4, -0.2) is 23.7 Å². The molecule has 1 aliphatic carbocycles. The first-order valence-electron chi connectivity index (χ1n) is 6.94. The van der Waals surface area contributed by atoms with E-state index in [1.807, 2.05) is 24.3 Å². The smallest absolute Gasteiger partial charge is 0.248 e. The van der Waals surface area contributed by atoms with Crippen LogP contribution in [0.25, 0.3) is 0 Å². The summed E-state index contributed by atoms with van der Waals surface area (Å²) in [5.41, 5.74) is 6.74. The lowest BCUT2D eigenvalue weighted by atomic mass is 9.77. The number of nitrogens with two attached hydrogens (primary N) is 1. The summed E-state index contributed by atoms with van der Waals surface area (Å²) in [5, 5.41) is 10.5. The van der Waals surface area contributed by atoms with E-state index in [2.05, 4.69) is 15.9 Å². The zero-order chi connectivity index (χ0) is 14.8. The van der Waals surface area contributed by atoms with Crippen molar-refractivity contribution in [1.29, 1.82) is 0 Å². The Labute approximate surface area is 126 Å². The molecule has 1 fully saturated rings. The summed E-state index contributed by atoms with van der Waals surface area (Å²) in [5.74, 6) is -2.85. The van der Waals surface area contributed by atoms with Gasteiger partial charge in [-0.25, -0.2) is 8.78 Å². The monoisotopic (exact) mass is 347 g/mol. The lowest BCUT2D eigenvalue weighted by molar-refractivity contribution is -0.0651. The van der Waals surface area contributed by atoms with Gasteiger partial charge in [0.1, 0.15) is 0 Å². The Kier molecular flexibility index (Phi) is 5.15. The van der Waals surface area contributed by atoms with Gasteiger partial charge in [-0.1, -0.05) is 28.1 Å². The molecule has 1 aromatic carbocycles. The molecule has 1 aliphatic rings. The van der Waals surface area contributed by atoms with Crippen LogP contribution in [0.3, 0.4) is 0 Å². The Morgan fingerprint density at radius 3 is 2.30 bits per heavy atom. The maximum absolute atomic E-state index is 13.2. The summed E-state index contributed by atoms with van der Waals surface area (Å²) in [4.78, 5) is 0. The first-order valence-corrected chi connectivity index (χ1v) is 7.73. The molecule has 112 valence electrons. The fourth-order valence-corrected chi connectivity index (χ4v) is 3.18. The summed E-state index contributed by atoms with van der Waals surface area (Å²) in [7, 11) is 0. The molecule has 1 aromatic rings. The second kappa shape index (κ2) is 6.50. The maximum atomic E-state index is 13.2. The number of rotatable bonds is 4. The van der Waals surface area contributed by atoms with Crippen LogP contribution in [0.15, 0.2) is 28.7 Å². The molecule has 1 saturated carbocycles. The van der Waals surface area contributed by atoms with E-state index >= 15 is 0 Å². The molecule has 0 aliphatic heterocycles. The van der Waals surface area contributed by atoms with Crippen LogP contribution >= 0.6 is 15.9 Å². The SMILES string of the molecule is NCC(c1ccc(Br)cc1)C(O)C1CCC(F)(F)CC1. The minimum atomic E-state index is -2.56. The third kappa shape index (κ3) is 3.77. The van der Waals surface area contributed by atoms with E-state index in [1.165, 1.54) is 0 Å². The average molecular weight is 348 g/mol. The standard InChI is InChI=1S/C15H20BrF2NO/c16-12-3-1-10(2-4-12)13(9-19)14(20)11-5-7-15(17,18)8-6-11/h1-4,11,13-14,20H,5-9,19H2. The molecule has 2 rings (SSSR count). The fraction of sp³-hybridized carbons (Fsp3) is 0.600. The Balaban J connectivity index is 2.06. The number of aliphatic hydroxyl groups excluding tert-OH is 1. The second-order valence-corrected chi connectivity index (χ2v) is 6.49. The van der Waals surface area contributed by atoms with E-state index < -0.39 is 12.0 Å². The molecular weight excluding hydrogens is 328 g/mol. The molecular formula is C15H20BrF2NO. The normalized spacial score (nSPS) is 22.4. The van der Waals surface area contributed by atoms with Gasteiger partial charge in [-0.15, -0.1) is 0 Å². The third-order valence-corrected chi connectivity index (χ3v) is 4.74. The van der Waals surface area contributed by atoms with E-state index in [9.17, 15) is 13.9 Å². The highest BCUT2D eigenvalue weighted by molar-refractivity contribution is 9.10. The number of benzene rings is 1. The van der Waals surface area contributed by atoms with E-state index in [0.29, 0.717) is 19.4 Å². The summed E-state index contributed by atoms with van der Waals surface area (Å²) in [6, 6.07) is 7.64. The minimum Gasteiger partial charge on any atom is -0.392 e. The minimum absolute atomic E-state index is 0.0909. The van der Waals surface area contributed by atoms with Crippen molar-refractivity contribution >= 4 is 15.9 Å². The number of halogens is 3. The van der Waals surface area contributed by atoms with E-state index in [-0.39, 0.29) is 24.7 Å². The number of hydrogen-bond donors (Lipinski definition) is 2. The van der Waals surface area contributed by atoms with Crippen LogP contribution in [0, 0.1) is 5.92 Å². The van der Waals surface area contributed by atoms with Gasteiger partial charge >= 0.3 is 0 Å². The fourth-order valence-electron chi connectivity index (χ4n) is 2.92. The average Bonchev–Trinajstić information content (AvgIpc) is 2.41. The molecule has 2 unspecified atom stereocenters. The summed E-state index contributed by atoms with van der Waals surface area (Å²) in [6.07, 6.45) is -0.196. The largest absolute Gasteiger partial charge is 0.392 e. The summed E-state index contributed by atoms with van der Waals surface area (Å²) < 4.78 is 27.3. The van der Waals surface area contributed by atoms with Crippen molar-refractivity contribution in [3.63, 3.8) is 0 Å². The van der Waals surface area contributed by atoms with Gasteiger partial charge in [-0.05, 0) is 36.5 Å². The topological polar surface area (TPSA) is 46.2 Å². The predicted molar refractivity (Wildman–Crippen MR) is 78.8 cm³/mol.